The van der Waals surface area contributed by atoms with E-state index in [0.29, 0.717) is 6.42 Å². The summed E-state index contributed by atoms with van der Waals surface area (Å²) >= 11 is 0. The molecule has 0 aliphatic rings. The van der Waals surface area contributed by atoms with Crippen LogP contribution in [-0.4, -0.2) is 15.6 Å². The van der Waals surface area contributed by atoms with E-state index < -0.39 is 12.0 Å². The molecule has 0 unspecified atom stereocenters. The zero-order chi connectivity index (χ0) is 8.27. The van der Waals surface area contributed by atoms with Gasteiger partial charge in [-0.15, -0.1) is 0 Å². The fourth-order valence-electron chi connectivity index (χ4n) is 1.07. The molecule has 1 N–H and O–H groups in total. The molecule has 11 heavy (non-hydrogen) atoms. The third-order valence-corrected chi connectivity index (χ3v) is 1.66. The molecule has 60 valence electrons. The summed E-state index contributed by atoms with van der Waals surface area (Å²) < 4.78 is 1.70. The number of aromatic nitrogens is 1. The monoisotopic (exact) mass is 153 g/mol. The number of nitrogens with zero attached hydrogens (tertiary/aromatic N) is 1. The maximum atomic E-state index is 10.6. The summed E-state index contributed by atoms with van der Waals surface area (Å²) in [4.78, 5) is 10.6. The van der Waals surface area contributed by atoms with Crippen molar-refractivity contribution >= 4 is 5.97 Å². The molecule has 0 bridgehead atoms. The lowest BCUT2D eigenvalue weighted by molar-refractivity contribution is -0.141. The van der Waals surface area contributed by atoms with Crippen LogP contribution in [-0.2, 0) is 4.79 Å². The fourth-order valence-corrected chi connectivity index (χ4v) is 1.07. The molecule has 1 aromatic heterocycles. The summed E-state index contributed by atoms with van der Waals surface area (Å²) in [6.07, 6.45) is 4.15. The highest BCUT2D eigenvalue weighted by Gasteiger charge is 2.14. The highest BCUT2D eigenvalue weighted by atomic mass is 16.4. The lowest BCUT2D eigenvalue weighted by atomic mass is 10.2. The molecule has 0 aliphatic carbocycles. The third kappa shape index (κ3) is 1.61. The number of carboxylic acids is 1. The number of rotatable bonds is 3. The fraction of sp³-hybridized carbons (Fsp3) is 0.375. The van der Waals surface area contributed by atoms with Crippen LogP contribution < -0.4 is 0 Å². The van der Waals surface area contributed by atoms with E-state index in [2.05, 4.69) is 0 Å². The van der Waals surface area contributed by atoms with Crippen LogP contribution in [0.3, 0.4) is 0 Å². The maximum absolute atomic E-state index is 10.6. The third-order valence-electron chi connectivity index (χ3n) is 1.66. The van der Waals surface area contributed by atoms with Gasteiger partial charge in [0, 0.05) is 12.4 Å². The van der Waals surface area contributed by atoms with Crippen LogP contribution in [0.25, 0.3) is 0 Å². The van der Waals surface area contributed by atoms with Gasteiger partial charge in [-0.1, -0.05) is 6.92 Å². The predicted octanol–water partition coefficient (Wildman–Crippen LogP) is 1.52. The minimum absolute atomic E-state index is 0.412. The van der Waals surface area contributed by atoms with Crippen molar-refractivity contribution in [3.8, 4) is 0 Å². The second kappa shape index (κ2) is 3.23. The van der Waals surface area contributed by atoms with Gasteiger partial charge in [0.2, 0.25) is 0 Å². The number of carboxylic acid groups (broad SMARTS) is 1. The highest BCUT2D eigenvalue weighted by molar-refractivity contribution is 5.71. The molecule has 3 heteroatoms. The molecule has 0 spiro atoms. The smallest absolute Gasteiger partial charge is 0.326 e. The minimum Gasteiger partial charge on any atom is -0.480 e. The molecule has 3 nitrogen and oxygen atoms in total. The van der Waals surface area contributed by atoms with Crippen molar-refractivity contribution in [3.63, 3.8) is 0 Å². The highest BCUT2D eigenvalue weighted by Crippen LogP contribution is 2.10. The van der Waals surface area contributed by atoms with E-state index in [1.165, 1.54) is 0 Å². The molecule has 0 aromatic carbocycles. The van der Waals surface area contributed by atoms with Crippen molar-refractivity contribution in [1.29, 1.82) is 0 Å². The van der Waals surface area contributed by atoms with Crippen molar-refractivity contribution in [1.82, 2.24) is 4.57 Å². The molecule has 0 aliphatic heterocycles. The van der Waals surface area contributed by atoms with Crippen molar-refractivity contribution in [2.75, 3.05) is 0 Å². The molecular formula is C8H11NO2. The molecule has 1 atom stereocenters. The van der Waals surface area contributed by atoms with E-state index in [-0.39, 0.29) is 0 Å². The van der Waals surface area contributed by atoms with Crippen LogP contribution in [0.4, 0.5) is 0 Å². The molecule has 1 heterocycles. The Bertz CT molecular complexity index is 228. The maximum Gasteiger partial charge on any atom is 0.326 e. The first-order valence-electron chi connectivity index (χ1n) is 3.61. The standard InChI is InChI=1S/C8H11NO2/c1-2-7(8(10)11)9-5-3-4-6-9/h3-7H,2H2,1H3,(H,10,11)/t7-/m1/s1. The summed E-state index contributed by atoms with van der Waals surface area (Å²) in [5.41, 5.74) is 0. The van der Waals surface area contributed by atoms with Gasteiger partial charge < -0.3 is 9.67 Å². The van der Waals surface area contributed by atoms with Crippen molar-refractivity contribution in [2.24, 2.45) is 0 Å². The molecule has 1 aromatic rings. The Morgan fingerprint density at radius 1 is 1.55 bits per heavy atom. The number of aliphatic carboxylic acids is 1. The molecular weight excluding hydrogens is 142 g/mol. The van der Waals surface area contributed by atoms with E-state index in [9.17, 15) is 4.79 Å². The Labute approximate surface area is 65.3 Å². The Kier molecular flexibility index (Phi) is 2.31. The lowest BCUT2D eigenvalue weighted by Gasteiger charge is -2.10. The van der Waals surface area contributed by atoms with Crippen LogP contribution in [0.15, 0.2) is 24.5 Å². The van der Waals surface area contributed by atoms with Gasteiger partial charge in [-0.3, -0.25) is 0 Å². The molecule has 0 saturated carbocycles. The van der Waals surface area contributed by atoms with Gasteiger partial charge in [0.25, 0.3) is 0 Å². The average Bonchev–Trinajstić information content (AvgIpc) is 2.40. The summed E-state index contributed by atoms with van der Waals surface area (Å²) in [5, 5.41) is 8.72. The van der Waals surface area contributed by atoms with Gasteiger partial charge >= 0.3 is 5.97 Å². The van der Waals surface area contributed by atoms with Gasteiger partial charge in [0.05, 0.1) is 0 Å². The van der Waals surface area contributed by atoms with Crippen LogP contribution in [0.1, 0.15) is 19.4 Å². The van der Waals surface area contributed by atoms with Gasteiger partial charge in [0.1, 0.15) is 6.04 Å². The normalized spacial score (nSPS) is 12.8. The van der Waals surface area contributed by atoms with Crippen LogP contribution in [0.5, 0.6) is 0 Å². The van der Waals surface area contributed by atoms with E-state index in [4.69, 9.17) is 5.11 Å². The summed E-state index contributed by atoms with van der Waals surface area (Å²) in [5.74, 6) is -0.774. The van der Waals surface area contributed by atoms with Crippen molar-refractivity contribution < 1.29 is 9.90 Å². The Balaban J connectivity index is 2.79. The second-order valence-electron chi connectivity index (χ2n) is 2.39. The van der Waals surface area contributed by atoms with Gasteiger partial charge in [0.15, 0.2) is 0 Å². The largest absolute Gasteiger partial charge is 0.480 e. The molecule has 1 rings (SSSR count). The lowest BCUT2D eigenvalue weighted by Crippen LogP contribution is -2.16. The molecule has 0 radical (unpaired) electrons. The van der Waals surface area contributed by atoms with E-state index >= 15 is 0 Å². The molecule has 0 fully saturated rings. The summed E-state index contributed by atoms with van der Waals surface area (Å²) in [6, 6.07) is 3.24. The zero-order valence-electron chi connectivity index (χ0n) is 6.40. The predicted molar refractivity (Wildman–Crippen MR) is 41.4 cm³/mol. The van der Waals surface area contributed by atoms with Crippen LogP contribution in [0.2, 0.25) is 0 Å². The average molecular weight is 153 g/mol. The summed E-state index contributed by atoms with van der Waals surface area (Å²) in [6.45, 7) is 1.86. The number of hydrogen-bond donors (Lipinski definition) is 1. The number of carbonyl (C=O) groups is 1. The first kappa shape index (κ1) is 7.85. The van der Waals surface area contributed by atoms with Gasteiger partial charge in [-0.25, -0.2) is 4.79 Å². The van der Waals surface area contributed by atoms with E-state index in [1.54, 1.807) is 17.0 Å². The van der Waals surface area contributed by atoms with Gasteiger partial charge in [-0.05, 0) is 18.6 Å². The van der Waals surface area contributed by atoms with E-state index in [0.717, 1.165) is 0 Å². The van der Waals surface area contributed by atoms with Crippen LogP contribution in [0, 0.1) is 0 Å². The van der Waals surface area contributed by atoms with Crippen LogP contribution >= 0.6 is 0 Å². The minimum atomic E-state index is -0.774. The number of hydrogen-bond acceptors (Lipinski definition) is 1. The first-order valence-corrected chi connectivity index (χ1v) is 3.61. The molecule has 0 saturated heterocycles. The van der Waals surface area contributed by atoms with Crippen molar-refractivity contribution in [2.45, 2.75) is 19.4 Å². The quantitative estimate of drug-likeness (QED) is 0.715. The Morgan fingerprint density at radius 3 is 2.45 bits per heavy atom. The van der Waals surface area contributed by atoms with Gasteiger partial charge in [-0.2, -0.15) is 0 Å². The SMILES string of the molecule is CC[C@H](C(=O)O)n1cccc1. The Hall–Kier alpha value is -1.25. The van der Waals surface area contributed by atoms with Crippen molar-refractivity contribution in [3.05, 3.63) is 24.5 Å². The van der Waals surface area contributed by atoms with E-state index in [1.807, 2.05) is 19.1 Å². The first-order chi connectivity index (χ1) is 5.25. The second-order valence-corrected chi connectivity index (χ2v) is 2.39. The Morgan fingerprint density at radius 2 is 2.09 bits per heavy atom. The zero-order valence-corrected chi connectivity index (χ0v) is 6.40. The molecule has 0 amide bonds. The summed E-state index contributed by atoms with van der Waals surface area (Å²) in [7, 11) is 0. The topological polar surface area (TPSA) is 42.2 Å².